The molecule has 0 fully saturated rings. The fourth-order valence-corrected chi connectivity index (χ4v) is 3.76. The lowest BCUT2D eigenvalue weighted by molar-refractivity contribution is -0.146. The molecule has 0 aliphatic carbocycles. The van der Waals surface area contributed by atoms with Crippen LogP contribution < -0.4 is 21.3 Å². The van der Waals surface area contributed by atoms with E-state index in [-0.39, 0.29) is 18.6 Å². The molecule has 0 heterocycles. The highest BCUT2D eigenvalue weighted by molar-refractivity contribution is 5.94. The Morgan fingerprint density at radius 1 is 0.854 bits per heavy atom. The van der Waals surface area contributed by atoms with Crippen molar-refractivity contribution in [3.05, 3.63) is 65.7 Å². The van der Waals surface area contributed by atoms with Crippen molar-refractivity contribution in [2.75, 3.05) is 6.54 Å². The summed E-state index contributed by atoms with van der Waals surface area (Å²) in [5.41, 5.74) is -1.09. The van der Waals surface area contributed by atoms with Crippen molar-refractivity contribution in [2.45, 2.75) is 70.7 Å². The number of benzene rings is 2. The third-order valence-electron chi connectivity index (χ3n) is 5.85. The van der Waals surface area contributed by atoms with E-state index in [4.69, 9.17) is 4.74 Å². The van der Waals surface area contributed by atoms with Crippen molar-refractivity contribution in [3.63, 3.8) is 0 Å². The molecule has 2 aromatic carbocycles. The second-order valence-electron chi connectivity index (χ2n) is 10.9. The predicted molar refractivity (Wildman–Crippen MR) is 150 cm³/mol. The van der Waals surface area contributed by atoms with Gasteiger partial charge < -0.3 is 36.2 Å². The van der Waals surface area contributed by atoms with Gasteiger partial charge in [-0.1, -0.05) is 42.5 Å². The summed E-state index contributed by atoms with van der Waals surface area (Å²) in [4.78, 5) is 62.5. The van der Waals surface area contributed by atoms with E-state index in [1.54, 1.807) is 63.2 Å². The Kier molecular flexibility index (Phi) is 11.3. The number of aromatic hydroxyl groups is 1. The fourth-order valence-electron chi connectivity index (χ4n) is 3.76. The number of hydrogen-bond acceptors (Lipinski definition) is 7. The van der Waals surface area contributed by atoms with Gasteiger partial charge in [-0.2, -0.15) is 0 Å². The Balaban J connectivity index is 1.99. The number of rotatable bonds is 12. The highest BCUT2D eigenvalue weighted by atomic mass is 16.6. The van der Waals surface area contributed by atoms with Crippen molar-refractivity contribution in [2.24, 2.45) is 0 Å². The molecule has 6 N–H and O–H groups in total. The molecule has 0 saturated carbocycles. The normalized spacial score (nSPS) is 14.0. The highest BCUT2D eigenvalue weighted by Gasteiger charge is 2.35. The number of carbonyl (C=O) groups excluding carboxylic acids is 4. The van der Waals surface area contributed by atoms with E-state index in [0.29, 0.717) is 11.1 Å². The van der Waals surface area contributed by atoms with E-state index < -0.39 is 59.6 Å². The number of carboxylic acids is 1. The van der Waals surface area contributed by atoms with E-state index in [9.17, 15) is 34.2 Å². The summed E-state index contributed by atoms with van der Waals surface area (Å²) in [6.45, 7) is 7.26. The minimum atomic E-state index is -1.61. The zero-order valence-electron chi connectivity index (χ0n) is 23.8. The number of aliphatic carboxylic acids is 1. The summed E-state index contributed by atoms with van der Waals surface area (Å²) in [5, 5.41) is 29.1. The summed E-state index contributed by atoms with van der Waals surface area (Å²) in [6, 6.07) is 12.6. The van der Waals surface area contributed by atoms with Gasteiger partial charge in [0.1, 0.15) is 29.0 Å². The number of carbonyl (C=O) groups is 5. The SMILES string of the molecule is C[C@@H](NC(=O)[C@H](Cc1ccc(O)cc1)NC(=O)OC(C)(C)C)C(=O)NCC(=O)N[C@@](C)(Cc1ccccc1)C(=O)O. The van der Waals surface area contributed by atoms with Gasteiger partial charge in [0.2, 0.25) is 17.7 Å². The molecule has 12 heteroatoms. The zero-order valence-corrected chi connectivity index (χ0v) is 23.8. The molecular formula is C29H38N4O8. The van der Waals surface area contributed by atoms with Gasteiger partial charge in [-0.3, -0.25) is 14.4 Å². The molecule has 0 saturated heterocycles. The first kappa shape index (κ1) is 32.6. The number of amides is 4. The minimum Gasteiger partial charge on any atom is -0.508 e. The Morgan fingerprint density at radius 2 is 1.46 bits per heavy atom. The minimum absolute atomic E-state index is 0.0301. The van der Waals surface area contributed by atoms with Crippen molar-refractivity contribution in [1.82, 2.24) is 21.3 Å². The molecule has 0 unspecified atom stereocenters. The van der Waals surface area contributed by atoms with Crippen LogP contribution in [-0.4, -0.2) is 69.8 Å². The molecule has 0 aliphatic rings. The van der Waals surface area contributed by atoms with Crippen LogP contribution in [0.1, 0.15) is 45.7 Å². The predicted octanol–water partition coefficient (Wildman–Crippen LogP) is 1.65. The molecule has 41 heavy (non-hydrogen) atoms. The largest absolute Gasteiger partial charge is 0.508 e. The molecule has 2 rings (SSSR count). The lowest BCUT2D eigenvalue weighted by Crippen LogP contribution is -2.57. The van der Waals surface area contributed by atoms with Crippen molar-refractivity contribution >= 4 is 29.8 Å². The van der Waals surface area contributed by atoms with E-state index in [0.717, 1.165) is 0 Å². The van der Waals surface area contributed by atoms with Crippen molar-refractivity contribution < 1.29 is 38.9 Å². The van der Waals surface area contributed by atoms with Gasteiger partial charge in [0.05, 0.1) is 6.54 Å². The molecule has 0 aliphatic heterocycles. The maximum absolute atomic E-state index is 13.0. The molecule has 12 nitrogen and oxygen atoms in total. The van der Waals surface area contributed by atoms with Gasteiger partial charge in [-0.15, -0.1) is 0 Å². The van der Waals surface area contributed by atoms with E-state index in [1.165, 1.54) is 26.0 Å². The van der Waals surface area contributed by atoms with Gasteiger partial charge in [0.15, 0.2) is 0 Å². The lowest BCUT2D eigenvalue weighted by atomic mass is 9.93. The van der Waals surface area contributed by atoms with Crippen LogP contribution in [0.5, 0.6) is 5.75 Å². The molecule has 0 bridgehead atoms. The molecule has 0 aromatic heterocycles. The standard InChI is InChI=1S/C29H38N4O8/c1-18(24(36)30-17-23(35)33-29(5,26(38)39)16-20-9-7-6-8-10-20)31-25(37)22(32-27(40)41-28(2,3)4)15-19-11-13-21(34)14-12-19/h6-14,18,22,34H,15-17H2,1-5H3,(H,30,36)(H,31,37)(H,32,40)(H,33,35)(H,38,39)/t18-,22+,29+/m1/s1. The Bertz CT molecular complexity index is 1230. The van der Waals surface area contributed by atoms with Crippen LogP contribution in [0.4, 0.5) is 4.79 Å². The summed E-state index contributed by atoms with van der Waals surface area (Å²) < 4.78 is 5.25. The molecular weight excluding hydrogens is 532 g/mol. The van der Waals surface area contributed by atoms with Crippen LogP contribution in [-0.2, 0) is 36.8 Å². The summed E-state index contributed by atoms with van der Waals surface area (Å²) in [5.74, 6) is -3.31. The first-order chi connectivity index (χ1) is 19.1. The topological polar surface area (TPSA) is 183 Å². The van der Waals surface area contributed by atoms with Crippen LogP contribution in [0.15, 0.2) is 54.6 Å². The summed E-state index contributed by atoms with van der Waals surface area (Å²) >= 11 is 0. The monoisotopic (exact) mass is 570 g/mol. The Labute approximate surface area is 238 Å². The maximum Gasteiger partial charge on any atom is 0.408 e. The molecule has 2 aromatic rings. The number of hydrogen-bond donors (Lipinski definition) is 6. The van der Waals surface area contributed by atoms with Gasteiger partial charge in [-0.05, 0) is 57.9 Å². The average molecular weight is 571 g/mol. The molecule has 3 atom stereocenters. The molecule has 0 spiro atoms. The number of nitrogens with one attached hydrogen (secondary N) is 4. The van der Waals surface area contributed by atoms with Crippen LogP contribution in [0.25, 0.3) is 0 Å². The smallest absolute Gasteiger partial charge is 0.408 e. The molecule has 4 amide bonds. The maximum atomic E-state index is 13.0. The highest BCUT2D eigenvalue weighted by Crippen LogP contribution is 2.14. The first-order valence-corrected chi connectivity index (χ1v) is 13.0. The summed E-state index contributed by atoms with van der Waals surface area (Å²) in [7, 11) is 0. The van der Waals surface area contributed by atoms with Gasteiger partial charge in [-0.25, -0.2) is 9.59 Å². The van der Waals surface area contributed by atoms with Gasteiger partial charge in [0.25, 0.3) is 0 Å². The van der Waals surface area contributed by atoms with Crippen LogP contribution >= 0.6 is 0 Å². The van der Waals surface area contributed by atoms with E-state index >= 15 is 0 Å². The third kappa shape index (κ3) is 11.2. The number of alkyl carbamates (subject to hydrolysis) is 1. The number of phenolic OH excluding ortho intramolecular Hbond substituents is 1. The van der Waals surface area contributed by atoms with Gasteiger partial charge >= 0.3 is 12.1 Å². The van der Waals surface area contributed by atoms with Crippen LogP contribution in [0.2, 0.25) is 0 Å². The number of carboxylic acid groups (broad SMARTS) is 1. The van der Waals surface area contributed by atoms with E-state index in [1.807, 2.05) is 0 Å². The number of phenols is 1. The lowest BCUT2D eigenvalue weighted by Gasteiger charge is -2.27. The van der Waals surface area contributed by atoms with Gasteiger partial charge in [0, 0.05) is 12.8 Å². The number of ether oxygens (including phenoxy) is 1. The second kappa shape index (κ2) is 14.1. The Morgan fingerprint density at radius 3 is 2.02 bits per heavy atom. The molecule has 0 radical (unpaired) electrons. The van der Waals surface area contributed by atoms with Crippen LogP contribution in [0, 0.1) is 0 Å². The van der Waals surface area contributed by atoms with Crippen molar-refractivity contribution in [1.29, 1.82) is 0 Å². The fraction of sp³-hybridized carbons (Fsp3) is 0.414. The van der Waals surface area contributed by atoms with E-state index in [2.05, 4.69) is 21.3 Å². The Hall–Kier alpha value is -4.61. The second-order valence-corrected chi connectivity index (χ2v) is 10.9. The third-order valence-corrected chi connectivity index (χ3v) is 5.85. The van der Waals surface area contributed by atoms with Crippen LogP contribution in [0.3, 0.4) is 0 Å². The summed E-state index contributed by atoms with van der Waals surface area (Å²) in [6.07, 6.45) is -0.762. The zero-order chi connectivity index (χ0) is 30.8. The van der Waals surface area contributed by atoms with Crippen molar-refractivity contribution in [3.8, 4) is 5.75 Å². The molecule has 222 valence electrons. The quantitative estimate of drug-likeness (QED) is 0.223. The first-order valence-electron chi connectivity index (χ1n) is 13.0. The average Bonchev–Trinajstić information content (AvgIpc) is 2.87.